The largest absolute Gasteiger partial charge is 0.496 e. The quantitative estimate of drug-likeness (QED) is 0.185. The summed E-state index contributed by atoms with van der Waals surface area (Å²) in [6.07, 6.45) is 1.22. The van der Waals surface area contributed by atoms with Crippen LogP contribution in [0, 0.1) is 17.0 Å². The minimum absolute atomic E-state index is 0.113. The van der Waals surface area contributed by atoms with Gasteiger partial charge in [-0.3, -0.25) is 14.9 Å². The molecule has 11 nitrogen and oxygen atoms in total. The van der Waals surface area contributed by atoms with Gasteiger partial charge in [0, 0.05) is 17.2 Å². The van der Waals surface area contributed by atoms with E-state index in [9.17, 15) is 19.7 Å². The van der Waals surface area contributed by atoms with Crippen LogP contribution in [0.2, 0.25) is 0 Å². The highest BCUT2D eigenvalue weighted by Crippen LogP contribution is 2.34. The molecule has 0 radical (unpaired) electrons. The molecule has 0 saturated carbocycles. The number of para-hydroxylation sites is 2. The SMILES string of the molecule is COc1cc(C)c(-c2nc3ccccc3c(=O)n2N=Cc2cccc([N+](=O)[O-])c2OCC(=O)O)cc1C(C)C. The minimum atomic E-state index is -1.30. The predicted molar refractivity (Wildman–Crippen MR) is 146 cm³/mol. The average molecular weight is 531 g/mol. The number of nitrogens with zero attached hydrogens (tertiary/aromatic N) is 4. The molecule has 4 rings (SSSR count). The summed E-state index contributed by atoms with van der Waals surface area (Å²) in [7, 11) is 1.60. The van der Waals surface area contributed by atoms with Crippen molar-refractivity contribution in [3.63, 3.8) is 0 Å². The Balaban J connectivity index is 1.97. The predicted octanol–water partition coefficient (Wildman–Crippen LogP) is 4.76. The Labute approximate surface area is 223 Å². The average Bonchev–Trinajstić information content (AvgIpc) is 2.90. The molecular formula is C28H26N4O7. The third kappa shape index (κ3) is 5.47. The van der Waals surface area contributed by atoms with E-state index in [1.807, 2.05) is 32.9 Å². The highest BCUT2D eigenvalue weighted by Gasteiger charge is 2.21. The van der Waals surface area contributed by atoms with Crippen molar-refractivity contribution >= 4 is 28.8 Å². The van der Waals surface area contributed by atoms with Crippen molar-refractivity contribution < 1.29 is 24.3 Å². The molecule has 11 heteroatoms. The van der Waals surface area contributed by atoms with Gasteiger partial charge in [-0.15, -0.1) is 0 Å². The summed E-state index contributed by atoms with van der Waals surface area (Å²) in [5.74, 6) is -0.497. The maximum Gasteiger partial charge on any atom is 0.341 e. The van der Waals surface area contributed by atoms with Gasteiger partial charge in [-0.25, -0.2) is 9.78 Å². The van der Waals surface area contributed by atoms with E-state index in [2.05, 4.69) is 5.10 Å². The van der Waals surface area contributed by atoms with E-state index in [1.165, 1.54) is 24.4 Å². The van der Waals surface area contributed by atoms with Gasteiger partial charge in [0.1, 0.15) is 5.75 Å². The number of aromatic nitrogens is 2. The van der Waals surface area contributed by atoms with Gasteiger partial charge < -0.3 is 14.6 Å². The summed E-state index contributed by atoms with van der Waals surface area (Å²) < 4.78 is 11.9. The van der Waals surface area contributed by atoms with Crippen LogP contribution in [0.3, 0.4) is 0 Å². The summed E-state index contributed by atoms with van der Waals surface area (Å²) in [6, 6.07) is 14.7. The van der Waals surface area contributed by atoms with Crippen molar-refractivity contribution in [2.45, 2.75) is 26.7 Å². The summed E-state index contributed by atoms with van der Waals surface area (Å²) in [5.41, 5.74) is 2.07. The second-order valence-electron chi connectivity index (χ2n) is 9.01. The first-order valence-corrected chi connectivity index (χ1v) is 12.0. The molecule has 200 valence electrons. The van der Waals surface area contributed by atoms with E-state index < -0.39 is 28.7 Å². The number of ether oxygens (including phenoxy) is 2. The fraction of sp³-hybridized carbons (Fsp3) is 0.214. The number of benzene rings is 3. The van der Waals surface area contributed by atoms with E-state index in [-0.39, 0.29) is 23.1 Å². The van der Waals surface area contributed by atoms with Crippen LogP contribution < -0.4 is 15.0 Å². The van der Waals surface area contributed by atoms with Crippen molar-refractivity contribution in [1.82, 2.24) is 9.66 Å². The standard InChI is InChI=1S/C28H26N4O7/c1-16(2)20-13-21(17(3)12-24(20)38-4)27-30-22-10-6-5-9-19(22)28(35)31(27)29-14-18-8-7-11-23(32(36)37)26(18)39-15-25(33)34/h5-14,16H,15H2,1-4H3,(H,33,34). The van der Waals surface area contributed by atoms with Crippen molar-refractivity contribution in [3.8, 4) is 22.9 Å². The molecule has 0 spiro atoms. The maximum absolute atomic E-state index is 13.6. The Kier molecular flexibility index (Phi) is 7.70. The Morgan fingerprint density at radius 3 is 2.62 bits per heavy atom. The molecule has 0 atom stereocenters. The van der Waals surface area contributed by atoms with Gasteiger partial charge in [0.15, 0.2) is 12.4 Å². The zero-order chi connectivity index (χ0) is 28.3. The number of carbonyl (C=O) groups is 1. The molecule has 4 aromatic rings. The number of carboxylic acid groups (broad SMARTS) is 1. The van der Waals surface area contributed by atoms with Crippen molar-refractivity contribution in [3.05, 3.63) is 91.8 Å². The number of hydrogen-bond donors (Lipinski definition) is 1. The number of hydrogen-bond acceptors (Lipinski definition) is 8. The van der Waals surface area contributed by atoms with Gasteiger partial charge in [0.25, 0.3) is 5.56 Å². The van der Waals surface area contributed by atoms with E-state index in [0.717, 1.165) is 15.8 Å². The molecule has 0 amide bonds. The molecule has 0 fully saturated rings. The number of aryl methyl sites for hydroxylation is 1. The summed E-state index contributed by atoms with van der Waals surface area (Å²) >= 11 is 0. The van der Waals surface area contributed by atoms with Crippen LogP contribution in [0.15, 0.2) is 64.5 Å². The van der Waals surface area contributed by atoms with Crippen LogP contribution in [-0.2, 0) is 4.79 Å². The lowest BCUT2D eigenvalue weighted by Crippen LogP contribution is -2.21. The van der Waals surface area contributed by atoms with Crippen LogP contribution >= 0.6 is 0 Å². The first-order valence-electron chi connectivity index (χ1n) is 12.0. The van der Waals surface area contributed by atoms with Crippen LogP contribution in [0.5, 0.6) is 11.5 Å². The Hall–Kier alpha value is -5.06. The third-order valence-corrected chi connectivity index (χ3v) is 6.07. The molecule has 39 heavy (non-hydrogen) atoms. The normalized spacial score (nSPS) is 11.3. The lowest BCUT2D eigenvalue weighted by atomic mass is 9.96. The fourth-order valence-corrected chi connectivity index (χ4v) is 4.17. The van der Waals surface area contributed by atoms with Crippen molar-refractivity contribution in [2.24, 2.45) is 5.10 Å². The fourth-order valence-electron chi connectivity index (χ4n) is 4.17. The molecule has 3 aromatic carbocycles. The number of rotatable bonds is 9. The Morgan fingerprint density at radius 2 is 1.95 bits per heavy atom. The molecule has 0 saturated heterocycles. The molecule has 1 N–H and O–H groups in total. The second-order valence-corrected chi connectivity index (χ2v) is 9.01. The second kappa shape index (κ2) is 11.1. The van der Waals surface area contributed by atoms with Crippen LogP contribution in [0.4, 0.5) is 5.69 Å². The summed E-state index contributed by atoms with van der Waals surface area (Å²) in [6.45, 7) is 5.13. The molecule has 0 aliphatic carbocycles. The molecule has 0 unspecified atom stereocenters. The van der Waals surface area contributed by atoms with E-state index in [4.69, 9.17) is 19.6 Å². The summed E-state index contributed by atoms with van der Waals surface area (Å²) in [4.78, 5) is 40.4. The first kappa shape index (κ1) is 27.0. The van der Waals surface area contributed by atoms with Crippen LogP contribution in [0.25, 0.3) is 22.3 Å². The van der Waals surface area contributed by atoms with Crippen molar-refractivity contribution in [2.75, 3.05) is 13.7 Å². The highest BCUT2D eigenvalue weighted by molar-refractivity contribution is 5.87. The zero-order valence-electron chi connectivity index (χ0n) is 21.7. The van der Waals surface area contributed by atoms with E-state index >= 15 is 0 Å². The molecule has 0 bridgehead atoms. The van der Waals surface area contributed by atoms with E-state index in [1.54, 1.807) is 31.4 Å². The molecule has 1 aromatic heterocycles. The smallest absolute Gasteiger partial charge is 0.341 e. The number of nitro groups is 1. The van der Waals surface area contributed by atoms with Gasteiger partial charge in [-0.05, 0) is 54.3 Å². The number of carboxylic acids is 1. The monoisotopic (exact) mass is 530 g/mol. The number of aliphatic carboxylic acids is 1. The van der Waals surface area contributed by atoms with E-state index in [0.29, 0.717) is 22.2 Å². The maximum atomic E-state index is 13.6. The Bertz CT molecular complexity index is 1680. The summed E-state index contributed by atoms with van der Waals surface area (Å²) in [5, 5.41) is 25.3. The van der Waals surface area contributed by atoms with Gasteiger partial charge in [-0.2, -0.15) is 9.78 Å². The van der Waals surface area contributed by atoms with Gasteiger partial charge >= 0.3 is 11.7 Å². The number of fused-ring (bicyclic) bond motifs is 1. The topological polar surface area (TPSA) is 146 Å². The first-order chi connectivity index (χ1) is 18.6. The van der Waals surface area contributed by atoms with Gasteiger partial charge in [-0.1, -0.05) is 32.0 Å². The molecule has 1 heterocycles. The minimum Gasteiger partial charge on any atom is -0.496 e. The zero-order valence-corrected chi connectivity index (χ0v) is 21.7. The Morgan fingerprint density at radius 1 is 1.21 bits per heavy atom. The number of methoxy groups -OCH3 is 1. The lowest BCUT2D eigenvalue weighted by molar-refractivity contribution is -0.385. The molecule has 0 aliphatic rings. The molecule has 0 aliphatic heterocycles. The van der Waals surface area contributed by atoms with Crippen LogP contribution in [-0.4, -0.2) is 45.6 Å². The van der Waals surface area contributed by atoms with Gasteiger partial charge in [0.05, 0.1) is 29.2 Å². The number of nitro benzene ring substituents is 1. The highest BCUT2D eigenvalue weighted by atomic mass is 16.6. The lowest BCUT2D eigenvalue weighted by Gasteiger charge is -2.17. The van der Waals surface area contributed by atoms with Gasteiger partial charge in [0.2, 0.25) is 5.75 Å². The van der Waals surface area contributed by atoms with Crippen molar-refractivity contribution in [1.29, 1.82) is 0 Å². The molecular weight excluding hydrogens is 504 g/mol. The van der Waals surface area contributed by atoms with Crippen LogP contribution in [0.1, 0.15) is 36.5 Å². The third-order valence-electron chi connectivity index (χ3n) is 6.07.